The summed E-state index contributed by atoms with van der Waals surface area (Å²) < 4.78 is 0. The van der Waals surface area contributed by atoms with Crippen LogP contribution in [-0.2, 0) is 0 Å². The summed E-state index contributed by atoms with van der Waals surface area (Å²) in [6.45, 7) is 4.92. The average Bonchev–Trinajstić information content (AvgIpc) is 2.51. The maximum atomic E-state index is 5.77. The van der Waals surface area contributed by atoms with Gasteiger partial charge in [-0.3, -0.25) is 0 Å². The molecule has 0 radical (unpaired) electrons. The minimum Gasteiger partial charge on any atom is -0.360 e. The van der Waals surface area contributed by atoms with Gasteiger partial charge in [-0.05, 0) is 19.8 Å². The van der Waals surface area contributed by atoms with Crippen LogP contribution in [-0.4, -0.2) is 22.8 Å². The summed E-state index contributed by atoms with van der Waals surface area (Å²) in [4.78, 5) is 0. The maximum Gasteiger partial charge on any atom is 0.205 e. The Morgan fingerprint density at radius 1 is 1.54 bits per heavy atom. The smallest absolute Gasteiger partial charge is 0.205 e. The summed E-state index contributed by atoms with van der Waals surface area (Å²) in [5.74, 6) is 0. The first-order valence-corrected chi connectivity index (χ1v) is 5.33. The fourth-order valence-electron chi connectivity index (χ4n) is 0.937. The van der Waals surface area contributed by atoms with Crippen molar-refractivity contribution in [2.24, 2.45) is 5.73 Å². The monoisotopic (exact) mass is 200 g/mol. The van der Waals surface area contributed by atoms with E-state index in [1.54, 1.807) is 11.3 Å². The second-order valence-electron chi connectivity index (χ2n) is 3.01. The van der Waals surface area contributed by atoms with Crippen molar-refractivity contribution < 1.29 is 0 Å². The summed E-state index contributed by atoms with van der Waals surface area (Å²) in [6.07, 6.45) is 2.01. The predicted octanol–water partition coefficient (Wildman–Crippen LogP) is 1.39. The minimum absolute atomic E-state index is 0.293. The number of rotatable bonds is 5. The van der Waals surface area contributed by atoms with Crippen molar-refractivity contribution in [3.05, 3.63) is 5.01 Å². The Kier molecular flexibility index (Phi) is 4.11. The first kappa shape index (κ1) is 10.4. The molecule has 1 aromatic rings. The highest BCUT2D eigenvalue weighted by Gasteiger charge is 2.01. The van der Waals surface area contributed by atoms with Crippen molar-refractivity contribution in [2.45, 2.75) is 32.7 Å². The second kappa shape index (κ2) is 5.14. The Bertz CT molecular complexity index is 248. The zero-order valence-electron chi connectivity index (χ0n) is 8.08. The van der Waals surface area contributed by atoms with Crippen molar-refractivity contribution >= 4 is 16.5 Å². The molecule has 0 saturated heterocycles. The molecule has 0 aromatic carbocycles. The third-order valence-corrected chi connectivity index (χ3v) is 2.64. The topological polar surface area (TPSA) is 63.8 Å². The average molecular weight is 200 g/mol. The van der Waals surface area contributed by atoms with Crippen LogP contribution >= 0.6 is 11.3 Å². The lowest BCUT2D eigenvalue weighted by Gasteiger charge is -2.07. The van der Waals surface area contributed by atoms with Crippen LogP contribution in [0.4, 0.5) is 5.13 Å². The molecule has 0 aliphatic carbocycles. The standard InChI is InChI=1S/C8H16N4S/c1-3-7(9)4-5-10-8-12-11-6(2)13-8/h7H,3-5,9H2,1-2H3,(H,10,12). The molecule has 4 nitrogen and oxygen atoms in total. The van der Waals surface area contributed by atoms with E-state index in [9.17, 15) is 0 Å². The first-order chi connectivity index (χ1) is 6.22. The molecule has 0 bridgehead atoms. The third kappa shape index (κ3) is 3.69. The van der Waals surface area contributed by atoms with E-state index in [1.165, 1.54) is 0 Å². The van der Waals surface area contributed by atoms with Crippen LogP contribution in [0.2, 0.25) is 0 Å². The molecule has 0 spiro atoms. The van der Waals surface area contributed by atoms with Gasteiger partial charge in [-0.25, -0.2) is 0 Å². The summed E-state index contributed by atoms with van der Waals surface area (Å²) in [5, 5.41) is 12.9. The molecule has 1 rings (SSSR count). The normalized spacial score (nSPS) is 12.8. The van der Waals surface area contributed by atoms with E-state index in [-0.39, 0.29) is 0 Å². The summed E-state index contributed by atoms with van der Waals surface area (Å²) >= 11 is 1.57. The molecule has 1 heterocycles. The van der Waals surface area contributed by atoms with Crippen LogP contribution in [0.15, 0.2) is 0 Å². The fourth-order valence-corrected chi connectivity index (χ4v) is 1.55. The van der Waals surface area contributed by atoms with Gasteiger partial charge in [0.15, 0.2) is 0 Å². The molecule has 0 aliphatic heterocycles. The van der Waals surface area contributed by atoms with Gasteiger partial charge < -0.3 is 11.1 Å². The summed E-state index contributed by atoms with van der Waals surface area (Å²) in [5.41, 5.74) is 5.77. The molecule has 0 fully saturated rings. The van der Waals surface area contributed by atoms with Gasteiger partial charge >= 0.3 is 0 Å². The summed E-state index contributed by atoms with van der Waals surface area (Å²) in [7, 11) is 0. The van der Waals surface area contributed by atoms with E-state index < -0.39 is 0 Å². The lowest BCUT2D eigenvalue weighted by Crippen LogP contribution is -2.22. The molecule has 3 N–H and O–H groups in total. The number of hydrogen-bond acceptors (Lipinski definition) is 5. The van der Waals surface area contributed by atoms with Gasteiger partial charge in [-0.15, -0.1) is 10.2 Å². The molecule has 0 saturated carbocycles. The minimum atomic E-state index is 0.293. The molecule has 1 atom stereocenters. The van der Waals surface area contributed by atoms with Crippen molar-refractivity contribution in [3.8, 4) is 0 Å². The highest BCUT2D eigenvalue weighted by molar-refractivity contribution is 7.15. The molecule has 74 valence electrons. The SMILES string of the molecule is CCC(N)CCNc1nnc(C)s1. The van der Waals surface area contributed by atoms with E-state index in [1.807, 2.05) is 6.92 Å². The lowest BCUT2D eigenvalue weighted by molar-refractivity contribution is 0.613. The Morgan fingerprint density at radius 3 is 2.85 bits per heavy atom. The zero-order valence-corrected chi connectivity index (χ0v) is 8.90. The van der Waals surface area contributed by atoms with Crippen molar-refractivity contribution in [2.75, 3.05) is 11.9 Å². The number of hydrogen-bond donors (Lipinski definition) is 2. The van der Waals surface area contributed by atoms with Crippen LogP contribution in [0.25, 0.3) is 0 Å². The highest BCUT2D eigenvalue weighted by atomic mass is 32.1. The lowest BCUT2D eigenvalue weighted by atomic mass is 10.2. The molecular weight excluding hydrogens is 184 g/mol. The van der Waals surface area contributed by atoms with E-state index in [2.05, 4.69) is 22.4 Å². The van der Waals surface area contributed by atoms with Crippen LogP contribution in [0.1, 0.15) is 24.8 Å². The Labute approximate surface area is 82.6 Å². The molecule has 13 heavy (non-hydrogen) atoms. The molecule has 0 aliphatic rings. The number of aryl methyl sites for hydroxylation is 1. The van der Waals surface area contributed by atoms with E-state index in [0.29, 0.717) is 6.04 Å². The van der Waals surface area contributed by atoms with Crippen molar-refractivity contribution in [1.82, 2.24) is 10.2 Å². The van der Waals surface area contributed by atoms with Crippen LogP contribution in [0, 0.1) is 6.92 Å². The Hall–Kier alpha value is -0.680. The summed E-state index contributed by atoms with van der Waals surface area (Å²) in [6, 6.07) is 0.293. The number of nitrogens with one attached hydrogen (secondary N) is 1. The van der Waals surface area contributed by atoms with Crippen LogP contribution < -0.4 is 11.1 Å². The van der Waals surface area contributed by atoms with Gasteiger partial charge in [-0.1, -0.05) is 18.3 Å². The molecular formula is C8H16N4S. The number of nitrogens with zero attached hydrogens (tertiary/aromatic N) is 2. The molecule has 1 aromatic heterocycles. The van der Waals surface area contributed by atoms with E-state index in [4.69, 9.17) is 5.73 Å². The maximum absolute atomic E-state index is 5.77. The Balaban J connectivity index is 2.20. The Morgan fingerprint density at radius 2 is 2.31 bits per heavy atom. The van der Waals surface area contributed by atoms with Gasteiger partial charge in [0.25, 0.3) is 0 Å². The second-order valence-corrected chi connectivity index (χ2v) is 4.19. The van der Waals surface area contributed by atoms with Gasteiger partial charge in [0.1, 0.15) is 5.01 Å². The largest absolute Gasteiger partial charge is 0.360 e. The molecule has 5 heteroatoms. The predicted molar refractivity (Wildman–Crippen MR) is 56.0 cm³/mol. The quantitative estimate of drug-likeness (QED) is 0.754. The van der Waals surface area contributed by atoms with E-state index >= 15 is 0 Å². The molecule has 0 amide bonds. The van der Waals surface area contributed by atoms with Gasteiger partial charge in [-0.2, -0.15) is 0 Å². The van der Waals surface area contributed by atoms with Gasteiger partial charge in [0.2, 0.25) is 5.13 Å². The molecule has 1 unspecified atom stereocenters. The zero-order chi connectivity index (χ0) is 9.68. The van der Waals surface area contributed by atoms with E-state index in [0.717, 1.165) is 29.5 Å². The van der Waals surface area contributed by atoms with Crippen LogP contribution in [0.3, 0.4) is 0 Å². The number of nitrogens with two attached hydrogens (primary N) is 1. The number of aromatic nitrogens is 2. The van der Waals surface area contributed by atoms with Crippen LogP contribution in [0.5, 0.6) is 0 Å². The number of anilines is 1. The van der Waals surface area contributed by atoms with Crippen molar-refractivity contribution in [3.63, 3.8) is 0 Å². The highest BCUT2D eigenvalue weighted by Crippen LogP contribution is 2.13. The van der Waals surface area contributed by atoms with Crippen molar-refractivity contribution in [1.29, 1.82) is 0 Å². The third-order valence-electron chi connectivity index (χ3n) is 1.84. The van der Waals surface area contributed by atoms with Gasteiger partial charge in [0, 0.05) is 12.6 Å². The first-order valence-electron chi connectivity index (χ1n) is 4.52. The fraction of sp³-hybridized carbons (Fsp3) is 0.750. The van der Waals surface area contributed by atoms with Gasteiger partial charge in [0.05, 0.1) is 0 Å².